The lowest BCUT2D eigenvalue weighted by molar-refractivity contribution is -0.138. The number of fused-ring (bicyclic) bond motifs is 1. The topological polar surface area (TPSA) is 108 Å². The fraction of sp³-hybridized carbons (Fsp3) is 0.667. The average Bonchev–Trinajstić information content (AvgIpc) is 2.80. The Kier molecular flexibility index (Phi) is 4.27. The molecule has 0 saturated heterocycles. The Morgan fingerprint density at radius 1 is 1.52 bits per heavy atom. The second-order valence-corrected chi connectivity index (χ2v) is 8.70. The second-order valence-electron chi connectivity index (χ2n) is 5.87. The summed E-state index contributed by atoms with van der Waals surface area (Å²) in [7, 11) is -3.29. The van der Waals surface area contributed by atoms with Gasteiger partial charge in [0.15, 0.2) is 5.13 Å². The molecule has 0 radical (unpaired) electrons. The molecular formula is C12H19N3O4S2. The smallest absolute Gasteiger partial charge is 0.312 e. The lowest BCUT2D eigenvalue weighted by atomic mass is 10.1. The van der Waals surface area contributed by atoms with Crippen LogP contribution in [0.1, 0.15) is 36.8 Å². The molecule has 2 rings (SSSR count). The second kappa shape index (κ2) is 5.54. The number of nitrogens with one attached hydrogen (secondary N) is 2. The molecule has 0 bridgehead atoms. The van der Waals surface area contributed by atoms with Gasteiger partial charge in [-0.15, -0.1) is 11.3 Å². The first-order valence-corrected chi connectivity index (χ1v) is 9.23. The largest absolute Gasteiger partial charge is 0.481 e. The van der Waals surface area contributed by atoms with Crippen LogP contribution in [0.2, 0.25) is 0 Å². The van der Waals surface area contributed by atoms with Crippen LogP contribution >= 0.6 is 11.3 Å². The van der Waals surface area contributed by atoms with Crippen molar-refractivity contribution in [3.63, 3.8) is 0 Å². The van der Waals surface area contributed by atoms with Crippen molar-refractivity contribution in [3.8, 4) is 0 Å². The van der Waals surface area contributed by atoms with Gasteiger partial charge >= 0.3 is 5.97 Å². The number of nitrogens with zero attached hydrogens (tertiary/aromatic N) is 1. The Bertz CT molecular complexity index is 651. The molecule has 1 heterocycles. The highest BCUT2D eigenvalue weighted by molar-refractivity contribution is 7.88. The average molecular weight is 333 g/mol. The predicted molar refractivity (Wildman–Crippen MR) is 81.4 cm³/mol. The van der Waals surface area contributed by atoms with Gasteiger partial charge in [0.25, 0.3) is 0 Å². The van der Waals surface area contributed by atoms with Crippen molar-refractivity contribution < 1.29 is 18.3 Å². The Balaban J connectivity index is 2.03. The number of rotatable bonds is 6. The maximum absolute atomic E-state index is 11.3. The first kappa shape index (κ1) is 16.2. The summed E-state index contributed by atoms with van der Waals surface area (Å²) in [6.07, 6.45) is 2.45. The third-order valence-corrected chi connectivity index (χ3v) is 5.17. The number of aromatic nitrogens is 1. The Morgan fingerprint density at radius 3 is 2.76 bits per heavy atom. The molecule has 1 aliphatic carbocycles. The van der Waals surface area contributed by atoms with Crippen LogP contribution in [-0.2, 0) is 21.2 Å². The summed E-state index contributed by atoms with van der Waals surface area (Å²) in [5, 5.41) is 12.8. The zero-order valence-corrected chi connectivity index (χ0v) is 13.8. The molecule has 0 fully saturated rings. The highest BCUT2D eigenvalue weighted by Crippen LogP contribution is 2.38. The molecule has 0 amide bonds. The van der Waals surface area contributed by atoms with Crippen molar-refractivity contribution in [3.05, 3.63) is 10.6 Å². The van der Waals surface area contributed by atoms with E-state index in [2.05, 4.69) is 15.0 Å². The van der Waals surface area contributed by atoms with Crippen molar-refractivity contribution >= 4 is 32.5 Å². The molecule has 118 valence electrons. The van der Waals surface area contributed by atoms with Crippen molar-refractivity contribution in [2.45, 2.75) is 38.1 Å². The molecule has 0 aliphatic heterocycles. The van der Waals surface area contributed by atoms with Crippen LogP contribution in [0.4, 0.5) is 5.13 Å². The van der Waals surface area contributed by atoms with Crippen LogP contribution in [0.3, 0.4) is 0 Å². The molecule has 3 N–H and O–H groups in total. The van der Waals surface area contributed by atoms with Crippen molar-refractivity contribution in [1.82, 2.24) is 9.71 Å². The number of anilines is 1. The summed E-state index contributed by atoms with van der Waals surface area (Å²) in [5.41, 5.74) is -0.0144. The van der Waals surface area contributed by atoms with E-state index in [-0.39, 0.29) is 0 Å². The molecule has 0 aromatic carbocycles. The number of hydrogen-bond acceptors (Lipinski definition) is 6. The fourth-order valence-electron chi connectivity index (χ4n) is 2.38. The minimum Gasteiger partial charge on any atom is -0.481 e. The summed E-state index contributed by atoms with van der Waals surface area (Å²) in [4.78, 5) is 16.5. The number of aliphatic carboxylic acids is 1. The predicted octanol–water partition coefficient (Wildman–Crippen LogP) is 0.997. The summed E-state index contributed by atoms with van der Waals surface area (Å²) in [5.74, 6) is -1.36. The van der Waals surface area contributed by atoms with Gasteiger partial charge < -0.3 is 10.4 Å². The molecule has 1 aromatic rings. The van der Waals surface area contributed by atoms with E-state index in [1.807, 2.05) is 0 Å². The van der Waals surface area contributed by atoms with Crippen molar-refractivity contribution in [2.24, 2.45) is 0 Å². The lowest BCUT2D eigenvalue weighted by Crippen LogP contribution is -2.47. The highest BCUT2D eigenvalue weighted by atomic mass is 32.2. The Morgan fingerprint density at radius 2 is 2.19 bits per heavy atom. The van der Waals surface area contributed by atoms with E-state index in [1.165, 1.54) is 11.3 Å². The molecule has 1 aliphatic rings. The van der Waals surface area contributed by atoms with Gasteiger partial charge in [-0.1, -0.05) is 0 Å². The van der Waals surface area contributed by atoms with Gasteiger partial charge in [-0.3, -0.25) is 4.79 Å². The van der Waals surface area contributed by atoms with Gasteiger partial charge in [-0.2, -0.15) is 0 Å². The summed E-state index contributed by atoms with van der Waals surface area (Å²) in [6.45, 7) is 3.90. The molecule has 7 nitrogen and oxygen atoms in total. The van der Waals surface area contributed by atoms with Gasteiger partial charge in [0.2, 0.25) is 10.0 Å². The van der Waals surface area contributed by atoms with E-state index in [1.54, 1.807) is 13.8 Å². The number of sulfonamides is 1. The number of carboxylic acids is 1. The zero-order chi connectivity index (χ0) is 15.8. The summed E-state index contributed by atoms with van der Waals surface area (Å²) >= 11 is 1.44. The number of hydrogen-bond donors (Lipinski definition) is 3. The fourth-order valence-corrected chi connectivity index (χ4v) is 4.49. The molecule has 9 heteroatoms. The van der Waals surface area contributed by atoms with Crippen LogP contribution in [0.5, 0.6) is 0 Å². The third-order valence-electron chi connectivity index (χ3n) is 3.16. The van der Waals surface area contributed by atoms with Crippen molar-refractivity contribution in [1.29, 1.82) is 0 Å². The molecule has 1 aromatic heterocycles. The van der Waals surface area contributed by atoms with E-state index >= 15 is 0 Å². The number of aryl methyl sites for hydroxylation is 1. The highest BCUT2D eigenvalue weighted by Gasteiger charge is 2.32. The van der Waals surface area contributed by atoms with Gasteiger partial charge in [-0.05, 0) is 26.7 Å². The SMILES string of the molecule is CC(C)(CNc1nc2c(s1)CCC2C(=O)O)NS(C)(=O)=O. The van der Waals surface area contributed by atoms with Gasteiger partial charge in [0.05, 0.1) is 11.9 Å². The first-order chi connectivity index (χ1) is 9.57. The quantitative estimate of drug-likeness (QED) is 0.716. The van der Waals surface area contributed by atoms with E-state index in [0.717, 1.165) is 17.6 Å². The standard InChI is InChI=1S/C12H19N3O4S2/c1-12(2,15-21(3,18)19)6-13-11-14-9-7(10(16)17)4-5-8(9)20-11/h7,15H,4-6H2,1-3H3,(H,13,14)(H,16,17). The van der Waals surface area contributed by atoms with Gasteiger partial charge in [0, 0.05) is 17.0 Å². The minimum absolute atomic E-state index is 0.365. The van der Waals surface area contributed by atoms with Crippen LogP contribution in [0.25, 0.3) is 0 Å². The summed E-state index contributed by atoms with van der Waals surface area (Å²) < 4.78 is 25.1. The van der Waals surface area contributed by atoms with Crippen LogP contribution in [-0.4, -0.2) is 42.8 Å². The maximum Gasteiger partial charge on any atom is 0.312 e. The van der Waals surface area contributed by atoms with Crippen LogP contribution in [0.15, 0.2) is 0 Å². The lowest BCUT2D eigenvalue weighted by Gasteiger charge is -2.25. The van der Waals surface area contributed by atoms with E-state index in [4.69, 9.17) is 5.11 Å². The normalized spacial score (nSPS) is 18.5. The van der Waals surface area contributed by atoms with Crippen LogP contribution in [0, 0.1) is 0 Å². The van der Waals surface area contributed by atoms with Gasteiger partial charge in [0.1, 0.15) is 5.92 Å². The maximum atomic E-state index is 11.3. The molecule has 0 spiro atoms. The van der Waals surface area contributed by atoms with E-state index < -0.39 is 27.4 Å². The Hall–Kier alpha value is -1.19. The molecule has 1 atom stereocenters. The minimum atomic E-state index is -3.29. The number of carboxylic acid groups (broad SMARTS) is 1. The van der Waals surface area contributed by atoms with E-state index in [9.17, 15) is 13.2 Å². The summed E-state index contributed by atoms with van der Waals surface area (Å²) in [6, 6.07) is 0. The first-order valence-electron chi connectivity index (χ1n) is 6.53. The van der Waals surface area contributed by atoms with E-state index in [0.29, 0.717) is 23.8 Å². The molecular weight excluding hydrogens is 314 g/mol. The molecule has 1 unspecified atom stereocenters. The van der Waals surface area contributed by atoms with Crippen LogP contribution < -0.4 is 10.0 Å². The number of carbonyl (C=O) groups is 1. The zero-order valence-electron chi connectivity index (χ0n) is 12.1. The van der Waals surface area contributed by atoms with Crippen molar-refractivity contribution in [2.75, 3.05) is 18.1 Å². The molecule has 21 heavy (non-hydrogen) atoms. The molecule has 0 saturated carbocycles. The third kappa shape index (κ3) is 4.14. The Labute approximate surface area is 127 Å². The monoisotopic (exact) mass is 333 g/mol. The number of thiazole rings is 1. The van der Waals surface area contributed by atoms with Gasteiger partial charge in [-0.25, -0.2) is 18.1 Å².